The number of ketones is 1. The molecule has 1 saturated carbocycles. The SMILES string of the molecule is CC1CN2CCCCC2CN1CC1CC(C)(C)CCC1=O. The third-order valence-corrected chi connectivity index (χ3v) is 6.07. The Morgan fingerprint density at radius 1 is 1.24 bits per heavy atom. The summed E-state index contributed by atoms with van der Waals surface area (Å²) in [5, 5.41) is 0. The van der Waals surface area contributed by atoms with Crippen LogP contribution in [0.15, 0.2) is 0 Å². The lowest BCUT2D eigenvalue weighted by Crippen LogP contribution is -2.59. The second-order valence-electron chi connectivity index (χ2n) is 8.48. The van der Waals surface area contributed by atoms with Crippen LogP contribution in [0.25, 0.3) is 0 Å². The number of nitrogens with zero attached hydrogens (tertiary/aromatic N) is 2. The van der Waals surface area contributed by atoms with E-state index in [4.69, 9.17) is 0 Å². The van der Waals surface area contributed by atoms with Gasteiger partial charge < -0.3 is 0 Å². The van der Waals surface area contributed by atoms with Gasteiger partial charge in [-0.3, -0.25) is 14.6 Å². The van der Waals surface area contributed by atoms with Gasteiger partial charge in [0.1, 0.15) is 5.78 Å². The van der Waals surface area contributed by atoms with Crippen molar-refractivity contribution in [1.29, 1.82) is 0 Å². The van der Waals surface area contributed by atoms with Crippen LogP contribution in [0.4, 0.5) is 0 Å². The zero-order valence-electron chi connectivity index (χ0n) is 14.1. The first-order valence-corrected chi connectivity index (χ1v) is 8.95. The molecule has 3 nitrogen and oxygen atoms in total. The fourth-order valence-corrected chi connectivity index (χ4v) is 4.67. The molecule has 3 atom stereocenters. The molecule has 0 bridgehead atoms. The highest BCUT2D eigenvalue weighted by Crippen LogP contribution is 2.37. The van der Waals surface area contributed by atoms with E-state index in [0.717, 1.165) is 31.8 Å². The van der Waals surface area contributed by atoms with E-state index in [2.05, 4.69) is 30.6 Å². The molecule has 0 aromatic carbocycles. The summed E-state index contributed by atoms with van der Waals surface area (Å²) in [4.78, 5) is 17.6. The van der Waals surface area contributed by atoms with Crippen molar-refractivity contribution in [2.45, 2.75) is 71.4 Å². The number of piperazine rings is 1. The second kappa shape index (κ2) is 6.00. The highest BCUT2D eigenvalue weighted by molar-refractivity contribution is 5.82. The predicted molar refractivity (Wildman–Crippen MR) is 86.4 cm³/mol. The fraction of sp³-hybridized carbons (Fsp3) is 0.944. The van der Waals surface area contributed by atoms with E-state index in [9.17, 15) is 4.79 Å². The Morgan fingerprint density at radius 2 is 2.05 bits per heavy atom. The highest BCUT2D eigenvalue weighted by Gasteiger charge is 2.38. The van der Waals surface area contributed by atoms with Crippen molar-refractivity contribution in [1.82, 2.24) is 9.80 Å². The van der Waals surface area contributed by atoms with Crippen LogP contribution in [0.5, 0.6) is 0 Å². The molecule has 3 aliphatic rings. The molecule has 0 aromatic heterocycles. The second-order valence-corrected chi connectivity index (χ2v) is 8.48. The first kappa shape index (κ1) is 15.5. The lowest BCUT2D eigenvalue weighted by molar-refractivity contribution is -0.128. The molecule has 3 unspecified atom stereocenters. The topological polar surface area (TPSA) is 23.6 Å². The van der Waals surface area contributed by atoms with Crippen molar-refractivity contribution < 1.29 is 4.79 Å². The molecular weight excluding hydrogens is 260 g/mol. The molecule has 0 spiro atoms. The minimum Gasteiger partial charge on any atom is -0.299 e. The van der Waals surface area contributed by atoms with Crippen LogP contribution < -0.4 is 0 Å². The van der Waals surface area contributed by atoms with Gasteiger partial charge in [0.05, 0.1) is 0 Å². The van der Waals surface area contributed by atoms with Gasteiger partial charge >= 0.3 is 0 Å². The van der Waals surface area contributed by atoms with Gasteiger partial charge in [-0.25, -0.2) is 0 Å². The van der Waals surface area contributed by atoms with Crippen LogP contribution in [0.2, 0.25) is 0 Å². The number of hydrogen-bond acceptors (Lipinski definition) is 3. The Kier molecular flexibility index (Phi) is 4.42. The van der Waals surface area contributed by atoms with Crippen molar-refractivity contribution >= 4 is 5.78 Å². The molecule has 0 N–H and O–H groups in total. The van der Waals surface area contributed by atoms with Gasteiger partial charge in [0.15, 0.2) is 0 Å². The molecular formula is C18H32N2O. The van der Waals surface area contributed by atoms with Crippen LogP contribution in [-0.4, -0.2) is 53.8 Å². The third-order valence-electron chi connectivity index (χ3n) is 6.07. The lowest BCUT2D eigenvalue weighted by Gasteiger charge is -2.49. The molecule has 2 heterocycles. The number of piperidine rings is 1. The molecule has 0 aromatic rings. The van der Waals surface area contributed by atoms with Crippen LogP contribution >= 0.6 is 0 Å². The largest absolute Gasteiger partial charge is 0.299 e. The number of carbonyl (C=O) groups is 1. The van der Waals surface area contributed by atoms with Crippen LogP contribution in [0.3, 0.4) is 0 Å². The molecule has 2 saturated heterocycles. The van der Waals surface area contributed by atoms with Gasteiger partial charge in [-0.2, -0.15) is 0 Å². The van der Waals surface area contributed by atoms with Crippen LogP contribution in [-0.2, 0) is 4.79 Å². The zero-order valence-corrected chi connectivity index (χ0v) is 14.1. The van der Waals surface area contributed by atoms with Crippen molar-refractivity contribution in [3.8, 4) is 0 Å². The molecule has 120 valence electrons. The van der Waals surface area contributed by atoms with Gasteiger partial charge in [-0.1, -0.05) is 20.3 Å². The van der Waals surface area contributed by atoms with E-state index in [0.29, 0.717) is 17.2 Å². The Morgan fingerprint density at radius 3 is 2.86 bits per heavy atom. The minimum absolute atomic E-state index is 0.284. The zero-order chi connectivity index (χ0) is 15.0. The Balaban J connectivity index is 1.62. The highest BCUT2D eigenvalue weighted by atomic mass is 16.1. The molecule has 3 rings (SSSR count). The summed E-state index contributed by atoms with van der Waals surface area (Å²) in [6, 6.07) is 1.36. The van der Waals surface area contributed by atoms with E-state index in [-0.39, 0.29) is 5.92 Å². The molecule has 3 fully saturated rings. The third kappa shape index (κ3) is 3.50. The maximum absolute atomic E-state index is 12.3. The van der Waals surface area contributed by atoms with E-state index < -0.39 is 0 Å². The normalized spacial score (nSPS) is 38.2. The summed E-state index contributed by atoms with van der Waals surface area (Å²) in [5.74, 6) is 0.805. The number of Topliss-reactive ketones (excluding diaryl/α,β-unsaturated/α-hetero) is 1. The molecule has 1 aliphatic carbocycles. The number of hydrogen-bond donors (Lipinski definition) is 0. The van der Waals surface area contributed by atoms with E-state index in [1.165, 1.54) is 38.9 Å². The number of fused-ring (bicyclic) bond motifs is 1. The summed E-state index contributed by atoms with van der Waals surface area (Å²) >= 11 is 0. The molecule has 2 aliphatic heterocycles. The number of carbonyl (C=O) groups excluding carboxylic acids is 1. The molecule has 0 amide bonds. The maximum atomic E-state index is 12.3. The molecule has 3 heteroatoms. The first-order valence-electron chi connectivity index (χ1n) is 8.95. The van der Waals surface area contributed by atoms with Gasteiger partial charge in [-0.15, -0.1) is 0 Å². The Labute approximate surface area is 130 Å². The quantitative estimate of drug-likeness (QED) is 0.782. The summed E-state index contributed by atoms with van der Waals surface area (Å²) < 4.78 is 0. The van der Waals surface area contributed by atoms with Crippen molar-refractivity contribution in [2.75, 3.05) is 26.2 Å². The van der Waals surface area contributed by atoms with Crippen molar-refractivity contribution in [3.63, 3.8) is 0 Å². The van der Waals surface area contributed by atoms with Gasteiger partial charge in [0.2, 0.25) is 0 Å². The smallest absolute Gasteiger partial charge is 0.137 e. The van der Waals surface area contributed by atoms with Crippen LogP contribution in [0.1, 0.15) is 59.3 Å². The van der Waals surface area contributed by atoms with Gasteiger partial charge in [0, 0.05) is 44.1 Å². The monoisotopic (exact) mass is 292 g/mol. The van der Waals surface area contributed by atoms with E-state index in [1.807, 2.05) is 0 Å². The predicted octanol–water partition coefficient (Wildman–Crippen LogP) is 2.94. The first-order chi connectivity index (χ1) is 9.94. The van der Waals surface area contributed by atoms with E-state index >= 15 is 0 Å². The molecule has 0 radical (unpaired) electrons. The summed E-state index contributed by atoms with van der Waals surface area (Å²) in [6.45, 7) is 11.7. The average Bonchev–Trinajstić information content (AvgIpc) is 2.43. The fourth-order valence-electron chi connectivity index (χ4n) is 4.67. The Bertz CT molecular complexity index is 393. The molecule has 21 heavy (non-hydrogen) atoms. The summed E-state index contributed by atoms with van der Waals surface area (Å²) in [6.07, 6.45) is 7.08. The maximum Gasteiger partial charge on any atom is 0.137 e. The number of rotatable bonds is 2. The Hall–Kier alpha value is -0.410. The average molecular weight is 292 g/mol. The summed E-state index contributed by atoms with van der Waals surface area (Å²) in [5.41, 5.74) is 0.356. The van der Waals surface area contributed by atoms with Crippen molar-refractivity contribution in [3.05, 3.63) is 0 Å². The lowest BCUT2D eigenvalue weighted by atomic mass is 9.71. The minimum atomic E-state index is 0.284. The summed E-state index contributed by atoms with van der Waals surface area (Å²) in [7, 11) is 0. The van der Waals surface area contributed by atoms with Gasteiger partial charge in [0.25, 0.3) is 0 Å². The van der Waals surface area contributed by atoms with Crippen molar-refractivity contribution in [2.24, 2.45) is 11.3 Å². The van der Waals surface area contributed by atoms with E-state index in [1.54, 1.807) is 0 Å². The van der Waals surface area contributed by atoms with Gasteiger partial charge in [-0.05, 0) is 44.6 Å². The standard InChI is InChI=1S/C18H32N2O/c1-14-11-19-9-5-4-6-16(19)13-20(14)12-15-10-18(2,3)8-7-17(15)21/h14-16H,4-13H2,1-3H3. The van der Waals surface area contributed by atoms with Crippen LogP contribution in [0, 0.1) is 11.3 Å².